The monoisotopic (exact) mass is 602 g/mol. The first-order chi connectivity index (χ1) is 20.2. The van der Waals surface area contributed by atoms with E-state index in [4.69, 9.17) is 4.74 Å². The first-order valence-electron chi connectivity index (χ1n) is 12.8. The van der Waals surface area contributed by atoms with Crippen molar-refractivity contribution in [1.82, 2.24) is 4.98 Å². The van der Waals surface area contributed by atoms with Crippen LogP contribution in [0.2, 0.25) is 0 Å². The van der Waals surface area contributed by atoms with Gasteiger partial charge in [-0.15, -0.1) is 0 Å². The van der Waals surface area contributed by atoms with Crippen LogP contribution in [0.4, 0.5) is 17.1 Å². The number of aromatic nitrogens is 1. The summed E-state index contributed by atoms with van der Waals surface area (Å²) in [5.74, 6) is -2.37. The fourth-order valence-electron chi connectivity index (χ4n) is 5.13. The Bertz CT molecular complexity index is 1780. The summed E-state index contributed by atoms with van der Waals surface area (Å²) in [6, 6.07) is 19.5. The molecule has 3 aromatic carbocycles. The van der Waals surface area contributed by atoms with Crippen molar-refractivity contribution in [3.05, 3.63) is 109 Å². The number of non-ortho nitro benzene ring substituents is 1. The maximum Gasteiger partial charge on any atom is 0.305 e. The van der Waals surface area contributed by atoms with Crippen LogP contribution in [0.3, 0.4) is 0 Å². The Morgan fingerprint density at radius 1 is 1.05 bits per heavy atom. The normalized spacial score (nSPS) is 19.3. The summed E-state index contributed by atoms with van der Waals surface area (Å²) in [5, 5.41) is 13.6. The number of nitro benzene ring substituents is 1. The molecule has 0 bridgehead atoms. The predicted molar refractivity (Wildman–Crippen MR) is 157 cm³/mol. The lowest BCUT2D eigenvalue weighted by Gasteiger charge is -2.30. The van der Waals surface area contributed by atoms with Crippen LogP contribution in [0.1, 0.15) is 21.9 Å². The molecule has 1 fully saturated rings. The standard InChI is InChI=1S/C29H22N4O7S2/c1-15-5-7-17(8-6-15)30-21(34)14-40-20-4-2-3-16(13-20)22-23-25(41-26-24(22)42-29(37)31-26)28(36)32(27(23)35)18-9-11-19(12-10-18)33(38)39/h2-13,22-23,25H,14H2,1H3,(H,30,34)(H,31,37)/t22-,23-,25+/m0/s1. The number of nitrogens with one attached hydrogen (secondary N) is 2. The molecule has 0 unspecified atom stereocenters. The van der Waals surface area contributed by atoms with Gasteiger partial charge in [-0.2, -0.15) is 0 Å². The first kappa shape index (κ1) is 27.4. The van der Waals surface area contributed by atoms with Crippen molar-refractivity contribution in [2.45, 2.75) is 23.1 Å². The molecule has 42 heavy (non-hydrogen) atoms. The minimum atomic E-state index is -0.836. The van der Waals surface area contributed by atoms with E-state index in [1.165, 1.54) is 24.3 Å². The van der Waals surface area contributed by atoms with Gasteiger partial charge in [-0.3, -0.25) is 29.3 Å². The third-order valence-electron chi connectivity index (χ3n) is 7.07. The molecule has 3 atom stereocenters. The Morgan fingerprint density at radius 2 is 1.79 bits per heavy atom. The van der Waals surface area contributed by atoms with Crippen molar-refractivity contribution >= 4 is 57.9 Å². The zero-order valence-corrected chi connectivity index (χ0v) is 23.6. The number of fused-ring (bicyclic) bond motifs is 2. The zero-order chi connectivity index (χ0) is 29.5. The lowest BCUT2D eigenvalue weighted by Crippen LogP contribution is -2.32. The molecule has 212 valence electrons. The molecular formula is C29H22N4O7S2. The molecule has 0 radical (unpaired) electrons. The number of hydrogen-bond acceptors (Lipinski definition) is 9. The SMILES string of the molecule is Cc1ccc(NC(=O)COc2cccc([C@@H]3c4sc(=O)[nH]c4S[C@H]4C(=O)N(c5ccc([N+](=O)[O-])cc5)C(=O)[C@@H]34)c2)cc1. The number of rotatable bonds is 7. The van der Waals surface area contributed by atoms with Crippen LogP contribution in [0.15, 0.2) is 82.6 Å². The molecule has 11 nitrogen and oxygen atoms in total. The fourth-order valence-corrected chi connectivity index (χ4v) is 7.65. The zero-order valence-electron chi connectivity index (χ0n) is 21.9. The number of amides is 3. The van der Waals surface area contributed by atoms with Crippen molar-refractivity contribution in [1.29, 1.82) is 0 Å². The maximum atomic E-state index is 13.9. The lowest BCUT2D eigenvalue weighted by atomic mass is 9.83. The number of anilines is 2. The van der Waals surface area contributed by atoms with E-state index in [1.54, 1.807) is 36.4 Å². The van der Waals surface area contributed by atoms with E-state index in [1.807, 2.05) is 19.1 Å². The second-order valence-electron chi connectivity index (χ2n) is 9.81. The molecule has 1 aromatic heterocycles. The van der Waals surface area contributed by atoms with Gasteiger partial charge in [0.25, 0.3) is 11.6 Å². The number of hydrogen-bond donors (Lipinski definition) is 2. The molecule has 1 saturated heterocycles. The molecule has 4 aromatic rings. The van der Waals surface area contributed by atoms with Crippen LogP contribution in [-0.4, -0.2) is 39.5 Å². The molecule has 2 N–H and O–H groups in total. The second kappa shape index (κ2) is 10.9. The van der Waals surface area contributed by atoms with Gasteiger partial charge in [-0.25, -0.2) is 4.90 Å². The summed E-state index contributed by atoms with van der Waals surface area (Å²) in [4.78, 5) is 67.0. The van der Waals surface area contributed by atoms with E-state index >= 15 is 0 Å². The highest BCUT2D eigenvalue weighted by Gasteiger charge is 2.56. The smallest absolute Gasteiger partial charge is 0.305 e. The van der Waals surface area contributed by atoms with E-state index in [0.717, 1.165) is 33.6 Å². The Balaban J connectivity index is 1.28. The molecule has 3 amide bonds. The van der Waals surface area contributed by atoms with Gasteiger partial charge in [-0.1, -0.05) is 52.9 Å². The van der Waals surface area contributed by atoms with Crippen LogP contribution < -0.4 is 19.8 Å². The number of carbonyl (C=O) groups is 3. The maximum absolute atomic E-state index is 13.9. The molecule has 2 aliphatic heterocycles. The van der Waals surface area contributed by atoms with Crippen molar-refractivity contribution in [3.8, 4) is 5.75 Å². The summed E-state index contributed by atoms with van der Waals surface area (Å²) in [7, 11) is 0. The molecule has 2 aliphatic rings. The Kier molecular flexibility index (Phi) is 7.12. The minimum absolute atomic E-state index is 0.161. The Labute approximate surface area is 246 Å². The Morgan fingerprint density at radius 3 is 2.50 bits per heavy atom. The summed E-state index contributed by atoms with van der Waals surface area (Å²) in [5.41, 5.74) is 2.43. The summed E-state index contributed by atoms with van der Waals surface area (Å²) < 4.78 is 5.77. The molecule has 0 aliphatic carbocycles. The minimum Gasteiger partial charge on any atom is -0.484 e. The fraction of sp³-hybridized carbons (Fsp3) is 0.172. The van der Waals surface area contributed by atoms with Gasteiger partial charge in [0.2, 0.25) is 11.8 Å². The van der Waals surface area contributed by atoms with Crippen LogP contribution in [-0.2, 0) is 14.4 Å². The number of imide groups is 1. The van der Waals surface area contributed by atoms with E-state index in [-0.39, 0.29) is 28.8 Å². The number of ether oxygens (including phenoxy) is 1. The number of thioether (sulfide) groups is 1. The van der Waals surface area contributed by atoms with Crippen LogP contribution >= 0.6 is 23.1 Å². The summed E-state index contributed by atoms with van der Waals surface area (Å²) in [6.07, 6.45) is 0. The van der Waals surface area contributed by atoms with Gasteiger partial charge >= 0.3 is 4.87 Å². The summed E-state index contributed by atoms with van der Waals surface area (Å²) in [6.45, 7) is 1.70. The molecule has 13 heteroatoms. The van der Waals surface area contributed by atoms with Gasteiger partial charge in [-0.05, 0) is 48.9 Å². The van der Waals surface area contributed by atoms with Crippen molar-refractivity contribution < 1.29 is 24.0 Å². The average molecular weight is 603 g/mol. The van der Waals surface area contributed by atoms with Gasteiger partial charge in [0.15, 0.2) is 6.61 Å². The lowest BCUT2D eigenvalue weighted by molar-refractivity contribution is -0.384. The van der Waals surface area contributed by atoms with E-state index < -0.39 is 33.8 Å². The topological polar surface area (TPSA) is 152 Å². The van der Waals surface area contributed by atoms with Crippen molar-refractivity contribution in [3.63, 3.8) is 0 Å². The van der Waals surface area contributed by atoms with Crippen LogP contribution in [0.5, 0.6) is 5.75 Å². The van der Waals surface area contributed by atoms with E-state index in [9.17, 15) is 29.3 Å². The number of carbonyl (C=O) groups excluding carboxylic acids is 3. The van der Waals surface area contributed by atoms with Crippen molar-refractivity contribution in [2.75, 3.05) is 16.8 Å². The number of H-pyrrole nitrogens is 1. The van der Waals surface area contributed by atoms with Crippen molar-refractivity contribution in [2.24, 2.45) is 5.92 Å². The van der Waals surface area contributed by atoms with Gasteiger partial charge in [0.05, 0.1) is 21.6 Å². The van der Waals surface area contributed by atoms with Gasteiger partial charge < -0.3 is 15.0 Å². The molecule has 6 rings (SSSR count). The highest BCUT2D eigenvalue weighted by molar-refractivity contribution is 8.00. The number of benzene rings is 3. The Hall–Kier alpha value is -4.75. The van der Waals surface area contributed by atoms with E-state index in [0.29, 0.717) is 26.9 Å². The second-order valence-corrected chi connectivity index (χ2v) is 12.0. The molecule has 3 heterocycles. The van der Waals surface area contributed by atoms with Crippen LogP contribution in [0, 0.1) is 23.0 Å². The number of aromatic amines is 1. The largest absolute Gasteiger partial charge is 0.484 e. The number of nitro groups is 1. The predicted octanol–water partition coefficient (Wildman–Crippen LogP) is 4.47. The quantitative estimate of drug-likeness (QED) is 0.179. The average Bonchev–Trinajstić information content (AvgIpc) is 3.47. The summed E-state index contributed by atoms with van der Waals surface area (Å²) >= 11 is 2.12. The van der Waals surface area contributed by atoms with Gasteiger partial charge in [0.1, 0.15) is 11.0 Å². The highest BCUT2D eigenvalue weighted by atomic mass is 32.2. The first-order valence-corrected chi connectivity index (χ1v) is 14.5. The third-order valence-corrected chi connectivity index (χ3v) is 9.47. The molecule has 0 spiro atoms. The number of nitrogens with zero attached hydrogens (tertiary/aromatic N) is 2. The highest BCUT2D eigenvalue weighted by Crippen LogP contribution is 2.53. The van der Waals surface area contributed by atoms with Gasteiger partial charge in [0, 0.05) is 28.6 Å². The number of thiazole rings is 1. The van der Waals surface area contributed by atoms with E-state index in [2.05, 4.69) is 10.3 Å². The number of aryl methyl sites for hydroxylation is 1. The third kappa shape index (κ3) is 5.08. The van der Waals surface area contributed by atoms with Crippen LogP contribution in [0.25, 0.3) is 0 Å². The molecule has 0 saturated carbocycles. The molecular weight excluding hydrogens is 580 g/mol.